The zero-order valence-electron chi connectivity index (χ0n) is 13.6. The minimum absolute atomic E-state index is 0.0112. The van der Waals surface area contributed by atoms with Gasteiger partial charge in [0, 0.05) is 12.6 Å². The predicted molar refractivity (Wildman–Crippen MR) is 89.2 cm³/mol. The van der Waals surface area contributed by atoms with E-state index in [1.807, 2.05) is 0 Å². The molecule has 2 N–H and O–H groups in total. The predicted octanol–water partition coefficient (Wildman–Crippen LogP) is 1.33. The van der Waals surface area contributed by atoms with Crippen molar-refractivity contribution >= 4 is 21.7 Å². The third kappa shape index (κ3) is 4.10. The smallest absolute Gasteiger partial charge is 0.309 e. The molecule has 0 spiro atoms. The van der Waals surface area contributed by atoms with Gasteiger partial charge < -0.3 is 15.1 Å². The van der Waals surface area contributed by atoms with Gasteiger partial charge in [0.1, 0.15) is 16.8 Å². The Balaban J connectivity index is 1.78. The van der Waals surface area contributed by atoms with E-state index in [2.05, 4.69) is 10.6 Å². The van der Waals surface area contributed by atoms with Crippen molar-refractivity contribution in [2.45, 2.75) is 29.0 Å². The Bertz CT molecular complexity index is 890. The second kappa shape index (κ2) is 7.28. The van der Waals surface area contributed by atoms with Crippen LogP contribution in [0.1, 0.15) is 23.9 Å². The molecule has 1 atom stereocenters. The molecule has 0 bridgehead atoms. The zero-order chi connectivity index (χ0) is 18.7. The Kier molecular flexibility index (Phi) is 5.08. The zero-order valence-corrected chi connectivity index (χ0v) is 14.5. The molecule has 2 amide bonds. The molecule has 0 unspecified atom stereocenters. The van der Waals surface area contributed by atoms with Gasteiger partial charge in [-0.15, -0.1) is 0 Å². The Morgan fingerprint density at radius 3 is 2.42 bits per heavy atom. The van der Waals surface area contributed by atoms with Gasteiger partial charge in [-0.25, -0.2) is 12.8 Å². The summed E-state index contributed by atoms with van der Waals surface area (Å²) < 4.78 is 44.0. The number of halogens is 1. The van der Waals surface area contributed by atoms with Crippen LogP contribution in [-0.4, -0.2) is 32.8 Å². The van der Waals surface area contributed by atoms with E-state index in [4.69, 9.17) is 4.42 Å². The summed E-state index contributed by atoms with van der Waals surface area (Å²) in [5.41, 5.74) is 0. The minimum Gasteiger partial charge on any atom is -0.468 e. The summed E-state index contributed by atoms with van der Waals surface area (Å²) in [4.78, 5) is 23.5. The number of furan rings is 1. The van der Waals surface area contributed by atoms with Crippen LogP contribution >= 0.6 is 0 Å². The van der Waals surface area contributed by atoms with Crippen LogP contribution in [-0.2, 0) is 19.4 Å². The van der Waals surface area contributed by atoms with Crippen molar-refractivity contribution < 1.29 is 26.8 Å². The summed E-state index contributed by atoms with van der Waals surface area (Å²) in [5, 5.41) is 3.60. The monoisotopic (exact) mass is 380 g/mol. The molecular weight excluding hydrogens is 363 g/mol. The van der Waals surface area contributed by atoms with Crippen molar-refractivity contribution in [2.75, 3.05) is 6.54 Å². The minimum atomic E-state index is -3.98. The second-order valence-electron chi connectivity index (χ2n) is 5.96. The maximum Gasteiger partial charge on any atom is 0.309 e. The van der Waals surface area contributed by atoms with Gasteiger partial charge >= 0.3 is 11.8 Å². The van der Waals surface area contributed by atoms with E-state index >= 15 is 0 Å². The van der Waals surface area contributed by atoms with Gasteiger partial charge in [-0.05, 0) is 49.2 Å². The second-order valence-corrected chi connectivity index (χ2v) is 8.09. The van der Waals surface area contributed by atoms with Gasteiger partial charge in [0.05, 0.1) is 11.2 Å². The van der Waals surface area contributed by atoms with E-state index < -0.39 is 32.7 Å². The molecule has 2 aromatic rings. The van der Waals surface area contributed by atoms with Crippen LogP contribution in [0.15, 0.2) is 52.0 Å². The van der Waals surface area contributed by atoms with Crippen molar-refractivity contribution in [1.82, 2.24) is 10.6 Å². The molecule has 1 saturated carbocycles. The summed E-state index contributed by atoms with van der Waals surface area (Å²) in [6.45, 7) is -0.357. The largest absolute Gasteiger partial charge is 0.468 e. The molecule has 0 aliphatic heterocycles. The molecule has 0 radical (unpaired) electrons. The Labute approximate surface area is 149 Å². The lowest BCUT2D eigenvalue weighted by atomic mass is 10.3. The molecule has 1 aliphatic rings. The highest BCUT2D eigenvalue weighted by Gasteiger charge is 2.33. The van der Waals surface area contributed by atoms with Crippen LogP contribution in [0.5, 0.6) is 0 Å². The lowest BCUT2D eigenvalue weighted by molar-refractivity contribution is -0.139. The fraction of sp³-hybridized carbons (Fsp3) is 0.294. The summed E-state index contributed by atoms with van der Waals surface area (Å²) in [6.07, 6.45) is 2.96. The Morgan fingerprint density at radius 2 is 1.85 bits per heavy atom. The van der Waals surface area contributed by atoms with Gasteiger partial charge in [0.15, 0.2) is 9.84 Å². The van der Waals surface area contributed by atoms with Crippen LogP contribution in [0.2, 0.25) is 0 Å². The van der Waals surface area contributed by atoms with Gasteiger partial charge in [-0.2, -0.15) is 0 Å². The van der Waals surface area contributed by atoms with Crippen molar-refractivity contribution in [2.24, 2.45) is 0 Å². The SMILES string of the molecule is O=C(NC[C@H](c1ccco1)S(=O)(=O)c1ccc(F)cc1)C(=O)NC1CC1. The molecule has 7 nitrogen and oxygen atoms in total. The van der Waals surface area contributed by atoms with Crippen LogP contribution in [0, 0.1) is 5.82 Å². The van der Waals surface area contributed by atoms with E-state index in [1.54, 1.807) is 0 Å². The maximum atomic E-state index is 13.1. The number of sulfone groups is 1. The van der Waals surface area contributed by atoms with E-state index in [0.29, 0.717) is 0 Å². The third-order valence-electron chi connectivity index (χ3n) is 3.94. The first-order chi connectivity index (χ1) is 12.4. The first kappa shape index (κ1) is 18.1. The first-order valence-electron chi connectivity index (χ1n) is 7.99. The highest BCUT2D eigenvalue weighted by atomic mass is 32.2. The van der Waals surface area contributed by atoms with Crippen molar-refractivity contribution in [3.05, 3.63) is 54.2 Å². The fourth-order valence-electron chi connectivity index (χ4n) is 2.37. The van der Waals surface area contributed by atoms with Crippen LogP contribution in [0.3, 0.4) is 0 Å². The third-order valence-corrected chi connectivity index (χ3v) is 6.02. The highest BCUT2D eigenvalue weighted by Crippen LogP contribution is 2.29. The Morgan fingerprint density at radius 1 is 1.15 bits per heavy atom. The highest BCUT2D eigenvalue weighted by molar-refractivity contribution is 7.91. The number of carbonyl (C=O) groups is 2. The maximum absolute atomic E-state index is 13.1. The van der Waals surface area contributed by atoms with Crippen LogP contribution in [0.25, 0.3) is 0 Å². The van der Waals surface area contributed by atoms with E-state index in [-0.39, 0.29) is 23.2 Å². The Hall–Kier alpha value is -2.68. The summed E-state index contributed by atoms with van der Waals surface area (Å²) in [7, 11) is -3.98. The van der Waals surface area contributed by atoms with E-state index in [0.717, 1.165) is 37.1 Å². The molecule has 1 aliphatic carbocycles. The normalized spacial score (nSPS) is 15.3. The van der Waals surface area contributed by atoms with Crippen molar-refractivity contribution in [3.63, 3.8) is 0 Å². The molecule has 1 aromatic heterocycles. The van der Waals surface area contributed by atoms with Gasteiger partial charge in [-0.3, -0.25) is 9.59 Å². The summed E-state index contributed by atoms with van der Waals surface area (Å²) in [6, 6.07) is 7.34. The standard InChI is InChI=1S/C17H17FN2O5S/c18-11-3-7-13(8-4-11)26(23,24)15(14-2-1-9-25-14)10-19-16(21)17(22)20-12-5-6-12/h1-4,7-9,12,15H,5-6,10H2,(H,19,21)(H,20,22)/t15-/m1/s1. The lowest BCUT2D eigenvalue weighted by Crippen LogP contribution is -2.43. The molecular formula is C17H17FN2O5S. The quantitative estimate of drug-likeness (QED) is 0.581. The molecule has 3 rings (SSSR count). The molecule has 26 heavy (non-hydrogen) atoms. The fourth-order valence-corrected chi connectivity index (χ4v) is 3.96. The van der Waals surface area contributed by atoms with Gasteiger partial charge in [-0.1, -0.05) is 0 Å². The van der Waals surface area contributed by atoms with Crippen molar-refractivity contribution in [3.8, 4) is 0 Å². The summed E-state index contributed by atoms with van der Waals surface area (Å²) in [5.74, 6) is -2.17. The number of amides is 2. The number of hydrogen-bond acceptors (Lipinski definition) is 5. The van der Waals surface area contributed by atoms with Crippen molar-refractivity contribution in [1.29, 1.82) is 0 Å². The molecule has 1 fully saturated rings. The number of benzene rings is 1. The number of nitrogens with one attached hydrogen (secondary N) is 2. The summed E-state index contributed by atoms with van der Waals surface area (Å²) >= 11 is 0. The average molecular weight is 380 g/mol. The average Bonchev–Trinajstić information content (AvgIpc) is 3.26. The topological polar surface area (TPSA) is 105 Å². The number of hydrogen-bond donors (Lipinski definition) is 2. The first-order valence-corrected chi connectivity index (χ1v) is 9.54. The molecule has 0 saturated heterocycles. The van der Waals surface area contributed by atoms with Gasteiger partial charge in [0.2, 0.25) is 0 Å². The molecule has 1 aromatic carbocycles. The van der Waals surface area contributed by atoms with E-state index in [1.165, 1.54) is 18.4 Å². The molecule has 138 valence electrons. The molecule has 9 heteroatoms. The number of carbonyl (C=O) groups excluding carboxylic acids is 2. The van der Waals surface area contributed by atoms with E-state index in [9.17, 15) is 22.4 Å². The van der Waals surface area contributed by atoms with Gasteiger partial charge in [0.25, 0.3) is 0 Å². The van der Waals surface area contributed by atoms with Crippen LogP contribution < -0.4 is 10.6 Å². The van der Waals surface area contributed by atoms with Crippen LogP contribution in [0.4, 0.5) is 4.39 Å². The lowest BCUT2D eigenvalue weighted by Gasteiger charge is -2.16. The number of rotatable bonds is 6. The molecule has 1 heterocycles.